The first-order valence-electron chi connectivity index (χ1n) is 7.18. The van der Waals surface area contributed by atoms with Crippen molar-refractivity contribution < 1.29 is 13.9 Å². The number of rotatable bonds is 5. The number of methoxy groups -OCH3 is 2. The number of hydrogen-bond donors (Lipinski definition) is 0. The van der Waals surface area contributed by atoms with Crippen LogP contribution in [0.5, 0.6) is 11.5 Å². The summed E-state index contributed by atoms with van der Waals surface area (Å²) in [6.45, 7) is 4.13. The fraction of sp³-hybridized carbons (Fsp3) is 0.167. The van der Waals surface area contributed by atoms with E-state index in [2.05, 4.69) is 11.7 Å². The Morgan fingerprint density at radius 1 is 1.22 bits per heavy atom. The van der Waals surface area contributed by atoms with Crippen LogP contribution in [0.15, 0.2) is 49.1 Å². The largest absolute Gasteiger partial charge is 0.497 e. The van der Waals surface area contributed by atoms with E-state index in [1.807, 2.05) is 18.2 Å². The van der Waals surface area contributed by atoms with Crippen LogP contribution in [0.1, 0.15) is 0 Å². The van der Waals surface area contributed by atoms with E-state index in [1.165, 1.54) is 6.07 Å². The minimum absolute atomic E-state index is 0.310. The molecule has 23 heavy (non-hydrogen) atoms. The Hall–Kier alpha value is -2.82. The van der Waals surface area contributed by atoms with Gasteiger partial charge in [-0.3, -0.25) is 4.68 Å². The maximum atomic E-state index is 14.3. The molecule has 0 N–H and O–H groups in total. The van der Waals surface area contributed by atoms with Crippen LogP contribution in [0.2, 0.25) is 0 Å². The number of nitrogens with zero attached hydrogens (tertiary/aromatic N) is 2. The molecule has 0 bridgehead atoms. The van der Waals surface area contributed by atoms with Crippen LogP contribution in [0.3, 0.4) is 0 Å². The van der Waals surface area contributed by atoms with Crippen LogP contribution in [-0.4, -0.2) is 24.0 Å². The highest BCUT2D eigenvalue weighted by Crippen LogP contribution is 2.37. The first kappa shape index (κ1) is 15.1. The van der Waals surface area contributed by atoms with Crippen LogP contribution in [0.25, 0.3) is 22.2 Å². The molecule has 0 spiro atoms. The molecule has 4 nitrogen and oxygen atoms in total. The van der Waals surface area contributed by atoms with Crippen molar-refractivity contribution in [1.82, 2.24) is 9.78 Å². The van der Waals surface area contributed by atoms with Crippen LogP contribution in [0, 0.1) is 5.82 Å². The van der Waals surface area contributed by atoms with Gasteiger partial charge in [0, 0.05) is 17.0 Å². The van der Waals surface area contributed by atoms with Crippen molar-refractivity contribution in [2.75, 3.05) is 14.2 Å². The monoisotopic (exact) mass is 312 g/mol. The van der Waals surface area contributed by atoms with E-state index in [1.54, 1.807) is 37.1 Å². The van der Waals surface area contributed by atoms with E-state index in [-0.39, 0.29) is 5.82 Å². The van der Waals surface area contributed by atoms with Gasteiger partial charge in [0.15, 0.2) is 0 Å². The van der Waals surface area contributed by atoms with Gasteiger partial charge in [0.2, 0.25) is 0 Å². The number of allylic oxidation sites excluding steroid dienone is 1. The molecule has 0 aliphatic rings. The van der Waals surface area contributed by atoms with Gasteiger partial charge in [0.25, 0.3) is 0 Å². The number of ether oxygens (including phenoxy) is 2. The van der Waals surface area contributed by atoms with Gasteiger partial charge in [-0.15, -0.1) is 6.58 Å². The maximum absolute atomic E-state index is 14.3. The summed E-state index contributed by atoms with van der Waals surface area (Å²) in [5.41, 5.74) is 1.91. The minimum Gasteiger partial charge on any atom is -0.497 e. The van der Waals surface area contributed by atoms with Gasteiger partial charge in [-0.05, 0) is 18.2 Å². The Morgan fingerprint density at radius 2 is 2.04 bits per heavy atom. The second-order valence-corrected chi connectivity index (χ2v) is 5.02. The molecule has 3 aromatic rings. The first-order valence-corrected chi connectivity index (χ1v) is 7.18. The number of fused-ring (bicyclic) bond motifs is 1. The second-order valence-electron chi connectivity index (χ2n) is 5.02. The van der Waals surface area contributed by atoms with Gasteiger partial charge in [-0.1, -0.05) is 18.2 Å². The third kappa shape index (κ3) is 2.54. The lowest BCUT2D eigenvalue weighted by Crippen LogP contribution is -1.99. The normalized spacial score (nSPS) is 10.7. The molecule has 0 radical (unpaired) electrons. The number of aromatic nitrogens is 2. The van der Waals surface area contributed by atoms with Gasteiger partial charge in [-0.2, -0.15) is 5.10 Å². The lowest BCUT2D eigenvalue weighted by molar-refractivity contribution is 0.395. The molecule has 1 aromatic heterocycles. The van der Waals surface area contributed by atoms with Crippen molar-refractivity contribution in [2.45, 2.75) is 6.54 Å². The zero-order chi connectivity index (χ0) is 16.4. The predicted molar refractivity (Wildman–Crippen MR) is 88.4 cm³/mol. The molecule has 0 saturated heterocycles. The molecule has 0 atom stereocenters. The van der Waals surface area contributed by atoms with Gasteiger partial charge < -0.3 is 9.47 Å². The number of halogens is 1. The van der Waals surface area contributed by atoms with Crippen molar-refractivity contribution >= 4 is 10.9 Å². The van der Waals surface area contributed by atoms with Crippen LogP contribution in [0.4, 0.5) is 4.39 Å². The highest BCUT2D eigenvalue weighted by Gasteiger charge is 2.18. The molecular formula is C18H17FN2O2. The lowest BCUT2D eigenvalue weighted by atomic mass is 10.1. The molecule has 1 heterocycles. The molecule has 0 amide bonds. The average Bonchev–Trinajstić information content (AvgIpc) is 2.94. The Balaban J connectivity index is 2.28. The fourth-order valence-corrected chi connectivity index (χ4v) is 2.64. The summed E-state index contributed by atoms with van der Waals surface area (Å²) >= 11 is 0. The van der Waals surface area contributed by atoms with Gasteiger partial charge in [0.05, 0.1) is 20.8 Å². The molecule has 5 heteroatoms. The molecule has 0 fully saturated rings. The SMILES string of the molecule is C=CCn1nc(-c2ccc(OC)cc2OC)c2cccc(F)c21. The summed E-state index contributed by atoms with van der Waals surface area (Å²) in [6.07, 6.45) is 1.69. The first-order chi connectivity index (χ1) is 11.2. The zero-order valence-electron chi connectivity index (χ0n) is 13.0. The number of hydrogen-bond acceptors (Lipinski definition) is 3. The predicted octanol–water partition coefficient (Wildman–Crippen LogP) is 4.05. The van der Waals surface area contributed by atoms with Crippen molar-refractivity contribution in [3.05, 3.63) is 54.9 Å². The van der Waals surface area contributed by atoms with Crippen molar-refractivity contribution in [3.8, 4) is 22.8 Å². The third-order valence-corrected chi connectivity index (χ3v) is 3.69. The zero-order valence-corrected chi connectivity index (χ0v) is 13.0. The van der Waals surface area contributed by atoms with Crippen LogP contribution in [-0.2, 0) is 6.54 Å². The highest BCUT2D eigenvalue weighted by atomic mass is 19.1. The second kappa shape index (κ2) is 6.12. The van der Waals surface area contributed by atoms with E-state index in [0.717, 1.165) is 10.9 Å². The Morgan fingerprint density at radius 3 is 2.74 bits per heavy atom. The lowest BCUT2D eigenvalue weighted by Gasteiger charge is -2.09. The summed E-state index contributed by atoms with van der Waals surface area (Å²) in [5, 5.41) is 5.29. The van der Waals surface area contributed by atoms with E-state index in [0.29, 0.717) is 29.3 Å². The van der Waals surface area contributed by atoms with E-state index in [4.69, 9.17) is 9.47 Å². The number of benzene rings is 2. The Bertz CT molecular complexity index is 871. The molecule has 0 saturated carbocycles. The molecule has 0 aliphatic heterocycles. The summed E-state index contributed by atoms with van der Waals surface area (Å²) < 4.78 is 26.5. The topological polar surface area (TPSA) is 36.3 Å². The summed E-state index contributed by atoms with van der Waals surface area (Å²) in [5.74, 6) is 1.00. The average molecular weight is 312 g/mol. The minimum atomic E-state index is -0.310. The van der Waals surface area contributed by atoms with Crippen molar-refractivity contribution in [3.63, 3.8) is 0 Å². The molecule has 118 valence electrons. The van der Waals surface area contributed by atoms with Crippen molar-refractivity contribution in [1.29, 1.82) is 0 Å². The van der Waals surface area contributed by atoms with E-state index in [9.17, 15) is 4.39 Å². The summed E-state index contributed by atoms with van der Waals surface area (Å²) in [6, 6.07) is 10.4. The standard InChI is InChI=1S/C18H17FN2O2/c1-4-10-21-18-14(6-5-7-15(18)19)17(20-21)13-9-8-12(22-2)11-16(13)23-3/h4-9,11H,1,10H2,2-3H3. The maximum Gasteiger partial charge on any atom is 0.149 e. The third-order valence-electron chi connectivity index (χ3n) is 3.69. The van der Waals surface area contributed by atoms with Gasteiger partial charge >= 0.3 is 0 Å². The molecular weight excluding hydrogens is 295 g/mol. The Labute approximate surface area is 133 Å². The smallest absolute Gasteiger partial charge is 0.149 e. The number of para-hydroxylation sites is 1. The van der Waals surface area contributed by atoms with Crippen molar-refractivity contribution in [2.24, 2.45) is 0 Å². The highest BCUT2D eigenvalue weighted by molar-refractivity contribution is 5.95. The summed E-state index contributed by atoms with van der Waals surface area (Å²) in [4.78, 5) is 0. The van der Waals surface area contributed by atoms with Crippen LogP contribution >= 0.6 is 0 Å². The van der Waals surface area contributed by atoms with Gasteiger partial charge in [0.1, 0.15) is 28.5 Å². The Kier molecular flexibility index (Phi) is 4.02. The van der Waals surface area contributed by atoms with E-state index < -0.39 is 0 Å². The van der Waals surface area contributed by atoms with E-state index >= 15 is 0 Å². The summed E-state index contributed by atoms with van der Waals surface area (Å²) in [7, 11) is 3.18. The van der Waals surface area contributed by atoms with Gasteiger partial charge in [-0.25, -0.2) is 4.39 Å². The molecule has 0 unspecified atom stereocenters. The molecule has 0 aliphatic carbocycles. The fourth-order valence-electron chi connectivity index (χ4n) is 2.64. The molecule has 2 aromatic carbocycles. The van der Waals surface area contributed by atoms with Crippen LogP contribution < -0.4 is 9.47 Å². The quantitative estimate of drug-likeness (QED) is 0.667. The molecule has 3 rings (SSSR count).